The Hall–Kier alpha value is -2.83. The van der Waals surface area contributed by atoms with Crippen molar-refractivity contribution in [3.63, 3.8) is 0 Å². The molecule has 1 aliphatic heterocycles. The summed E-state index contributed by atoms with van der Waals surface area (Å²) >= 11 is 0. The number of carbonyl (C=O) groups excluding carboxylic acids is 2. The lowest BCUT2D eigenvalue weighted by molar-refractivity contribution is -0.121. The van der Waals surface area contributed by atoms with Crippen LogP contribution >= 0.6 is 0 Å². The Balaban J connectivity index is 1.76. The van der Waals surface area contributed by atoms with Gasteiger partial charge in [-0.25, -0.2) is 0 Å². The van der Waals surface area contributed by atoms with E-state index in [4.69, 9.17) is 4.74 Å². The predicted octanol–water partition coefficient (Wildman–Crippen LogP) is 1.31. The first-order chi connectivity index (χ1) is 11.5. The van der Waals surface area contributed by atoms with Crippen LogP contribution in [-0.4, -0.2) is 52.7 Å². The van der Waals surface area contributed by atoms with Gasteiger partial charge in [0.1, 0.15) is 12.3 Å². The van der Waals surface area contributed by atoms with E-state index in [1.54, 1.807) is 34.8 Å². The molecule has 0 bridgehead atoms. The highest BCUT2D eigenvalue weighted by Gasteiger charge is 2.34. The van der Waals surface area contributed by atoms with Crippen LogP contribution in [0.2, 0.25) is 0 Å². The van der Waals surface area contributed by atoms with Gasteiger partial charge in [0.15, 0.2) is 0 Å². The summed E-state index contributed by atoms with van der Waals surface area (Å²) in [5, 5.41) is 4.02. The molecule has 1 aromatic heterocycles. The number of methoxy groups -OCH3 is 1. The number of aromatic nitrogens is 2. The number of benzene rings is 1. The number of ether oxygens (including phenoxy) is 1. The predicted molar refractivity (Wildman–Crippen MR) is 89.1 cm³/mol. The van der Waals surface area contributed by atoms with Crippen LogP contribution in [0.3, 0.4) is 0 Å². The van der Waals surface area contributed by atoms with E-state index < -0.39 is 0 Å². The first-order valence-electron chi connectivity index (χ1n) is 7.73. The summed E-state index contributed by atoms with van der Waals surface area (Å²) in [6.45, 7) is 2.45. The Morgan fingerprint density at radius 2 is 2.00 bits per heavy atom. The summed E-state index contributed by atoms with van der Waals surface area (Å²) in [4.78, 5) is 28.4. The van der Waals surface area contributed by atoms with Gasteiger partial charge in [0.05, 0.1) is 18.9 Å². The molecule has 7 heteroatoms. The van der Waals surface area contributed by atoms with Crippen LogP contribution in [0, 0.1) is 0 Å². The minimum absolute atomic E-state index is 0.0565. The second-order valence-corrected chi connectivity index (χ2v) is 5.89. The fourth-order valence-corrected chi connectivity index (χ4v) is 2.83. The summed E-state index contributed by atoms with van der Waals surface area (Å²) in [6.07, 6.45) is 3.19. The normalized spacial score (nSPS) is 18.0. The van der Waals surface area contributed by atoms with Gasteiger partial charge in [0.2, 0.25) is 5.91 Å². The molecule has 0 spiro atoms. The summed E-state index contributed by atoms with van der Waals surface area (Å²) < 4.78 is 6.72. The Morgan fingerprint density at radius 1 is 1.29 bits per heavy atom. The topological polar surface area (TPSA) is 67.7 Å². The molecule has 2 amide bonds. The Morgan fingerprint density at radius 3 is 2.58 bits per heavy atom. The lowest BCUT2D eigenvalue weighted by Crippen LogP contribution is -2.57. The van der Waals surface area contributed by atoms with Crippen LogP contribution in [0.15, 0.2) is 36.7 Å². The molecule has 3 rings (SSSR count). The van der Waals surface area contributed by atoms with Crippen molar-refractivity contribution in [2.24, 2.45) is 7.05 Å². The van der Waals surface area contributed by atoms with E-state index in [1.165, 1.54) is 6.20 Å². The lowest BCUT2D eigenvalue weighted by Gasteiger charge is -2.39. The SMILES string of the molecule is COc1ccc(N2CC(C)N(C(=O)c3cnn(C)c3)CC2=O)cc1. The highest BCUT2D eigenvalue weighted by atomic mass is 16.5. The van der Waals surface area contributed by atoms with Gasteiger partial charge in [-0.2, -0.15) is 5.10 Å². The molecule has 0 radical (unpaired) electrons. The second kappa shape index (κ2) is 6.35. The largest absolute Gasteiger partial charge is 0.497 e. The Bertz CT molecular complexity index is 753. The number of carbonyl (C=O) groups is 2. The summed E-state index contributed by atoms with van der Waals surface area (Å²) in [6, 6.07) is 7.25. The van der Waals surface area contributed by atoms with E-state index in [0.29, 0.717) is 12.1 Å². The maximum atomic E-state index is 12.6. The second-order valence-electron chi connectivity index (χ2n) is 5.89. The third kappa shape index (κ3) is 2.97. The monoisotopic (exact) mass is 328 g/mol. The van der Waals surface area contributed by atoms with Crippen molar-refractivity contribution < 1.29 is 14.3 Å². The van der Waals surface area contributed by atoms with Crippen LogP contribution in [0.25, 0.3) is 0 Å². The summed E-state index contributed by atoms with van der Waals surface area (Å²) in [7, 11) is 3.36. The number of piperazine rings is 1. The quantitative estimate of drug-likeness (QED) is 0.852. The third-order valence-electron chi connectivity index (χ3n) is 4.18. The van der Waals surface area contributed by atoms with Gasteiger partial charge in [0.25, 0.3) is 5.91 Å². The molecule has 1 atom stereocenters. The molecule has 1 aromatic carbocycles. The first kappa shape index (κ1) is 16.0. The van der Waals surface area contributed by atoms with Crippen LogP contribution in [0.4, 0.5) is 5.69 Å². The molecule has 0 saturated carbocycles. The fraction of sp³-hybridized carbons (Fsp3) is 0.353. The maximum absolute atomic E-state index is 12.6. The molecule has 1 saturated heterocycles. The van der Waals surface area contributed by atoms with Crippen LogP contribution < -0.4 is 9.64 Å². The zero-order valence-electron chi connectivity index (χ0n) is 14.0. The molecule has 7 nitrogen and oxygen atoms in total. The number of amides is 2. The van der Waals surface area contributed by atoms with Crippen LogP contribution in [0.1, 0.15) is 17.3 Å². The Labute approximate surface area is 140 Å². The van der Waals surface area contributed by atoms with Gasteiger partial charge in [0, 0.05) is 31.5 Å². The number of aryl methyl sites for hydroxylation is 1. The van der Waals surface area contributed by atoms with Crippen LogP contribution in [0.5, 0.6) is 5.75 Å². The third-order valence-corrected chi connectivity index (χ3v) is 4.18. The maximum Gasteiger partial charge on any atom is 0.257 e. The van der Waals surface area contributed by atoms with Crippen LogP contribution in [-0.2, 0) is 11.8 Å². The van der Waals surface area contributed by atoms with Crippen molar-refractivity contribution in [3.05, 3.63) is 42.2 Å². The van der Waals surface area contributed by atoms with E-state index >= 15 is 0 Å². The Kier molecular flexibility index (Phi) is 4.24. The molecule has 2 aromatic rings. The number of rotatable bonds is 3. The van der Waals surface area contributed by atoms with E-state index in [-0.39, 0.29) is 24.4 Å². The first-order valence-corrected chi connectivity index (χ1v) is 7.73. The molecule has 1 unspecified atom stereocenters. The summed E-state index contributed by atoms with van der Waals surface area (Å²) in [5.74, 6) is 0.471. The van der Waals surface area contributed by atoms with Gasteiger partial charge < -0.3 is 14.5 Å². The zero-order valence-corrected chi connectivity index (χ0v) is 14.0. The average Bonchev–Trinajstić information content (AvgIpc) is 3.02. The number of anilines is 1. The molecule has 0 aliphatic carbocycles. The highest BCUT2D eigenvalue weighted by Crippen LogP contribution is 2.23. The minimum Gasteiger partial charge on any atom is -0.497 e. The number of hydrogen-bond donors (Lipinski definition) is 0. The molecule has 0 N–H and O–H groups in total. The molecule has 126 valence electrons. The van der Waals surface area contributed by atoms with Gasteiger partial charge in [-0.15, -0.1) is 0 Å². The average molecular weight is 328 g/mol. The van der Waals surface area contributed by atoms with E-state index in [0.717, 1.165) is 11.4 Å². The standard InChI is InChI=1S/C17H20N4O3/c1-12-9-21(14-4-6-15(24-3)7-5-14)16(22)11-20(12)17(23)13-8-18-19(2)10-13/h4-8,10,12H,9,11H2,1-3H3. The molecule has 24 heavy (non-hydrogen) atoms. The van der Waals surface area contributed by atoms with Gasteiger partial charge in [-0.1, -0.05) is 0 Å². The smallest absolute Gasteiger partial charge is 0.257 e. The van der Waals surface area contributed by atoms with Crippen molar-refractivity contribution >= 4 is 17.5 Å². The zero-order chi connectivity index (χ0) is 17.3. The highest BCUT2D eigenvalue weighted by molar-refractivity contribution is 6.01. The van der Waals surface area contributed by atoms with Crippen molar-refractivity contribution in [1.29, 1.82) is 0 Å². The molecule has 2 heterocycles. The van der Waals surface area contributed by atoms with Crippen molar-refractivity contribution in [2.75, 3.05) is 25.1 Å². The van der Waals surface area contributed by atoms with E-state index in [1.807, 2.05) is 31.2 Å². The molecular formula is C17H20N4O3. The van der Waals surface area contributed by atoms with Crippen molar-refractivity contribution in [3.8, 4) is 5.75 Å². The molecule has 1 aliphatic rings. The molecular weight excluding hydrogens is 308 g/mol. The molecule has 1 fully saturated rings. The van der Waals surface area contributed by atoms with Gasteiger partial charge in [-0.3, -0.25) is 14.3 Å². The fourth-order valence-electron chi connectivity index (χ4n) is 2.83. The van der Waals surface area contributed by atoms with Gasteiger partial charge >= 0.3 is 0 Å². The number of hydrogen-bond acceptors (Lipinski definition) is 4. The van der Waals surface area contributed by atoms with Crippen molar-refractivity contribution in [2.45, 2.75) is 13.0 Å². The van der Waals surface area contributed by atoms with E-state index in [9.17, 15) is 9.59 Å². The number of nitrogens with zero attached hydrogens (tertiary/aromatic N) is 4. The minimum atomic E-state index is -0.168. The summed E-state index contributed by atoms with van der Waals surface area (Å²) in [5.41, 5.74) is 1.30. The van der Waals surface area contributed by atoms with E-state index in [2.05, 4.69) is 5.10 Å². The lowest BCUT2D eigenvalue weighted by atomic mass is 10.1. The van der Waals surface area contributed by atoms with Crippen molar-refractivity contribution in [1.82, 2.24) is 14.7 Å². The van der Waals surface area contributed by atoms with Gasteiger partial charge in [-0.05, 0) is 31.2 Å².